The van der Waals surface area contributed by atoms with Gasteiger partial charge in [-0.3, -0.25) is 4.31 Å². The Labute approximate surface area is 117 Å². The Bertz CT molecular complexity index is 800. The van der Waals surface area contributed by atoms with Crippen molar-refractivity contribution in [3.63, 3.8) is 0 Å². The summed E-state index contributed by atoms with van der Waals surface area (Å²) < 4.78 is 31.9. The maximum Gasteiger partial charge on any atom is 0.232 e. The second kappa shape index (κ2) is 3.76. The van der Waals surface area contributed by atoms with Crippen LogP contribution in [0, 0.1) is 0 Å². The summed E-state index contributed by atoms with van der Waals surface area (Å²) in [5.41, 5.74) is 2.58. The van der Waals surface area contributed by atoms with Gasteiger partial charge in [0.15, 0.2) is 6.10 Å². The molecule has 0 aliphatic carbocycles. The summed E-state index contributed by atoms with van der Waals surface area (Å²) in [6, 6.07) is 14.9. The molecule has 0 saturated carbocycles. The van der Waals surface area contributed by atoms with Crippen molar-refractivity contribution >= 4 is 15.7 Å². The van der Waals surface area contributed by atoms with Crippen LogP contribution in [-0.2, 0) is 10.0 Å². The van der Waals surface area contributed by atoms with Gasteiger partial charge in [0.2, 0.25) is 10.0 Å². The molecule has 4 rings (SSSR count). The predicted molar refractivity (Wildman–Crippen MR) is 76.3 cm³/mol. The van der Waals surface area contributed by atoms with E-state index < -0.39 is 10.0 Å². The molecular weight excluding hydrogens is 274 g/mol. The van der Waals surface area contributed by atoms with E-state index in [0.717, 1.165) is 22.6 Å². The molecule has 2 aliphatic rings. The van der Waals surface area contributed by atoms with Gasteiger partial charge in [-0.25, -0.2) is 8.42 Å². The van der Waals surface area contributed by atoms with Gasteiger partial charge >= 0.3 is 0 Å². The van der Waals surface area contributed by atoms with Gasteiger partial charge in [-0.05, 0) is 12.1 Å². The number of benzene rings is 2. The first-order valence-corrected chi connectivity index (χ1v) is 8.26. The van der Waals surface area contributed by atoms with Crippen LogP contribution in [0.5, 0.6) is 5.75 Å². The predicted octanol–water partition coefficient (Wildman–Crippen LogP) is 2.64. The molecule has 0 unspecified atom stereocenters. The van der Waals surface area contributed by atoms with Gasteiger partial charge in [0.25, 0.3) is 0 Å². The Balaban J connectivity index is 1.98. The van der Waals surface area contributed by atoms with Crippen LogP contribution >= 0.6 is 0 Å². The van der Waals surface area contributed by atoms with Crippen LogP contribution in [-0.4, -0.2) is 14.7 Å². The van der Waals surface area contributed by atoms with Crippen molar-refractivity contribution in [2.24, 2.45) is 0 Å². The van der Waals surface area contributed by atoms with Crippen LogP contribution in [0.3, 0.4) is 0 Å². The number of hydrogen-bond donors (Lipinski definition) is 0. The topological polar surface area (TPSA) is 46.6 Å². The third kappa shape index (κ3) is 1.44. The fourth-order valence-electron chi connectivity index (χ4n) is 3.14. The van der Waals surface area contributed by atoms with E-state index in [2.05, 4.69) is 0 Å². The van der Waals surface area contributed by atoms with E-state index in [4.69, 9.17) is 4.74 Å². The first-order chi connectivity index (χ1) is 9.57. The molecular formula is C15H13NO3S. The average Bonchev–Trinajstić information content (AvgIpc) is 2.92. The van der Waals surface area contributed by atoms with Crippen molar-refractivity contribution in [3.8, 4) is 5.75 Å². The van der Waals surface area contributed by atoms with Crippen molar-refractivity contribution in [1.29, 1.82) is 0 Å². The normalized spacial score (nSPS) is 22.9. The molecule has 102 valence electrons. The highest BCUT2D eigenvalue weighted by Gasteiger charge is 2.49. The summed E-state index contributed by atoms with van der Waals surface area (Å²) in [6.07, 6.45) is 0.992. The highest BCUT2D eigenvalue weighted by atomic mass is 32.2. The number of rotatable bonds is 1. The first kappa shape index (κ1) is 11.8. The van der Waals surface area contributed by atoms with E-state index in [9.17, 15) is 8.42 Å². The van der Waals surface area contributed by atoms with E-state index in [0.29, 0.717) is 0 Å². The zero-order chi connectivity index (χ0) is 13.9. The Kier molecular flexibility index (Phi) is 2.22. The molecule has 2 aromatic carbocycles. The first-order valence-electron chi connectivity index (χ1n) is 6.41. The molecule has 0 bridgehead atoms. The summed E-state index contributed by atoms with van der Waals surface area (Å²) in [5.74, 6) is 0.769. The summed E-state index contributed by atoms with van der Waals surface area (Å²) >= 11 is 0. The SMILES string of the molecule is CS(=O)(=O)N1c2ccccc2[C@@H]2Oc3ccccc3[C@@H]21. The minimum atomic E-state index is -3.36. The summed E-state index contributed by atoms with van der Waals surface area (Å²) in [6.45, 7) is 0. The summed E-state index contributed by atoms with van der Waals surface area (Å²) in [4.78, 5) is 0. The number of sulfonamides is 1. The van der Waals surface area contributed by atoms with Crippen molar-refractivity contribution in [3.05, 3.63) is 59.7 Å². The highest BCUT2D eigenvalue weighted by Crippen LogP contribution is 2.56. The minimum absolute atomic E-state index is 0.252. The zero-order valence-electron chi connectivity index (χ0n) is 10.9. The van der Waals surface area contributed by atoms with Gasteiger partial charge in [-0.1, -0.05) is 36.4 Å². The quantitative estimate of drug-likeness (QED) is 0.810. The van der Waals surface area contributed by atoms with E-state index in [1.165, 1.54) is 10.6 Å². The maximum atomic E-state index is 12.2. The third-order valence-electron chi connectivity index (χ3n) is 3.87. The van der Waals surface area contributed by atoms with Gasteiger partial charge in [0.1, 0.15) is 11.8 Å². The molecule has 0 aromatic heterocycles. The Morgan fingerprint density at radius 1 is 1.00 bits per heavy atom. The number of para-hydroxylation sites is 2. The molecule has 4 nitrogen and oxygen atoms in total. The van der Waals surface area contributed by atoms with Crippen LogP contribution in [0.15, 0.2) is 48.5 Å². The van der Waals surface area contributed by atoms with Crippen molar-refractivity contribution < 1.29 is 13.2 Å². The minimum Gasteiger partial charge on any atom is -0.483 e. The fraction of sp³-hybridized carbons (Fsp3) is 0.200. The molecule has 0 fully saturated rings. The van der Waals surface area contributed by atoms with Crippen molar-refractivity contribution in [2.45, 2.75) is 12.1 Å². The van der Waals surface area contributed by atoms with Gasteiger partial charge in [0, 0.05) is 11.1 Å². The molecule has 5 heteroatoms. The molecule has 2 aliphatic heterocycles. The highest BCUT2D eigenvalue weighted by molar-refractivity contribution is 7.92. The second-order valence-electron chi connectivity index (χ2n) is 5.14. The molecule has 2 atom stereocenters. The van der Waals surface area contributed by atoms with E-state index >= 15 is 0 Å². The van der Waals surface area contributed by atoms with E-state index in [1.54, 1.807) is 0 Å². The number of anilines is 1. The zero-order valence-corrected chi connectivity index (χ0v) is 11.7. The Hall–Kier alpha value is -2.01. The lowest BCUT2D eigenvalue weighted by atomic mass is 10.0. The van der Waals surface area contributed by atoms with Crippen LogP contribution in [0.25, 0.3) is 0 Å². The largest absolute Gasteiger partial charge is 0.483 e. The third-order valence-corrected chi connectivity index (χ3v) is 5.01. The molecule has 2 aromatic rings. The Morgan fingerprint density at radius 2 is 1.65 bits per heavy atom. The second-order valence-corrected chi connectivity index (χ2v) is 7.00. The fourth-order valence-corrected chi connectivity index (χ4v) is 4.30. The van der Waals surface area contributed by atoms with E-state index in [1.807, 2.05) is 48.5 Å². The Morgan fingerprint density at radius 3 is 2.40 bits per heavy atom. The number of hydrogen-bond acceptors (Lipinski definition) is 3. The number of ether oxygens (including phenoxy) is 1. The molecule has 20 heavy (non-hydrogen) atoms. The molecule has 0 amide bonds. The van der Waals surface area contributed by atoms with Crippen molar-refractivity contribution in [1.82, 2.24) is 0 Å². The lowest BCUT2D eigenvalue weighted by molar-refractivity contribution is 0.224. The van der Waals surface area contributed by atoms with E-state index in [-0.39, 0.29) is 12.1 Å². The van der Waals surface area contributed by atoms with Gasteiger partial charge in [0.05, 0.1) is 11.9 Å². The molecule has 2 heterocycles. The van der Waals surface area contributed by atoms with Crippen LogP contribution in [0.2, 0.25) is 0 Å². The maximum absolute atomic E-state index is 12.2. The lowest BCUT2D eigenvalue weighted by Gasteiger charge is -2.23. The summed E-state index contributed by atoms with van der Waals surface area (Å²) in [5, 5.41) is 0. The van der Waals surface area contributed by atoms with Crippen molar-refractivity contribution in [2.75, 3.05) is 10.6 Å². The van der Waals surface area contributed by atoms with Gasteiger partial charge < -0.3 is 4.74 Å². The smallest absolute Gasteiger partial charge is 0.232 e. The molecule has 0 N–H and O–H groups in total. The van der Waals surface area contributed by atoms with Gasteiger partial charge in [-0.2, -0.15) is 0 Å². The molecule has 0 saturated heterocycles. The average molecular weight is 287 g/mol. The standard InChI is InChI=1S/C15H13NO3S/c1-20(17,18)16-12-8-4-2-6-10(12)15-14(16)11-7-3-5-9-13(11)19-15/h2-9,14-15H,1H3/t14-,15-/m0/s1. The monoisotopic (exact) mass is 287 g/mol. The van der Waals surface area contributed by atoms with Crippen LogP contribution in [0.1, 0.15) is 23.3 Å². The molecule has 0 spiro atoms. The van der Waals surface area contributed by atoms with Crippen LogP contribution in [0.4, 0.5) is 5.69 Å². The van der Waals surface area contributed by atoms with Crippen LogP contribution < -0.4 is 9.04 Å². The lowest BCUT2D eigenvalue weighted by Crippen LogP contribution is -2.31. The van der Waals surface area contributed by atoms with Gasteiger partial charge in [-0.15, -0.1) is 0 Å². The number of nitrogens with zero attached hydrogens (tertiary/aromatic N) is 1. The summed E-state index contributed by atoms with van der Waals surface area (Å²) in [7, 11) is -3.36. The molecule has 0 radical (unpaired) electrons. The number of fused-ring (bicyclic) bond motifs is 5.